The van der Waals surface area contributed by atoms with E-state index in [-0.39, 0.29) is 60.8 Å². The van der Waals surface area contributed by atoms with Crippen LogP contribution in [0.4, 0.5) is 0 Å². The van der Waals surface area contributed by atoms with Crippen LogP contribution in [0, 0.1) is 0 Å². The quantitative estimate of drug-likeness (QED) is 0.280. The molecule has 0 bridgehead atoms. The molecule has 0 rings (SSSR count). The van der Waals surface area contributed by atoms with Gasteiger partial charge >= 0.3 is 69.8 Å². The fourth-order valence-corrected chi connectivity index (χ4v) is 0. The van der Waals surface area contributed by atoms with E-state index in [1.807, 2.05) is 0 Å². The largest absolute Gasteiger partial charge is 2.00 e. The second kappa shape index (κ2) is 12.4. The van der Waals surface area contributed by atoms with E-state index in [4.69, 9.17) is 33.9 Å². The molecule has 0 aromatic rings. The van der Waals surface area contributed by atoms with Crippen LogP contribution in [0.1, 0.15) is 0 Å². The summed E-state index contributed by atoms with van der Waals surface area (Å²) in [5.41, 5.74) is 0. The predicted molar refractivity (Wildman–Crippen MR) is 30.8 cm³/mol. The van der Waals surface area contributed by atoms with E-state index in [1.54, 1.807) is 0 Å². The van der Waals surface area contributed by atoms with Crippen LogP contribution in [0.5, 0.6) is 0 Å². The van der Waals surface area contributed by atoms with Crippen molar-refractivity contribution in [2.45, 2.75) is 0 Å². The molecule has 11 heavy (non-hydrogen) atoms. The molecule has 0 aromatic carbocycles. The van der Waals surface area contributed by atoms with Gasteiger partial charge in [0.25, 0.3) is 0 Å². The van der Waals surface area contributed by atoms with E-state index >= 15 is 0 Å². The van der Waals surface area contributed by atoms with E-state index in [2.05, 4.69) is 0 Å². The van der Waals surface area contributed by atoms with Crippen LogP contribution in [-0.2, 0) is 0 Å². The van der Waals surface area contributed by atoms with E-state index in [1.165, 1.54) is 0 Å². The Kier molecular flexibility index (Phi) is 26.3. The van der Waals surface area contributed by atoms with Gasteiger partial charge in [-0.2, -0.15) is 0 Å². The first-order chi connectivity index (χ1) is 3.73. The Labute approximate surface area is 111 Å². The summed E-state index contributed by atoms with van der Waals surface area (Å²) in [5.74, 6) is 0. The summed E-state index contributed by atoms with van der Waals surface area (Å²) < 4.78 is 0. The zero-order valence-electron chi connectivity index (χ0n) is 5.34. The minimum atomic E-state index is -4.86. The average Bonchev–Trinajstić information content (AvgIpc) is 1.19. The van der Waals surface area contributed by atoms with E-state index < -0.39 is 17.7 Å². The van der Waals surface area contributed by atoms with Crippen molar-refractivity contribution in [3.8, 4) is 0 Å². The van der Waals surface area contributed by atoms with E-state index in [0.717, 1.165) is 0 Å². The molecule has 0 saturated heterocycles. The first kappa shape index (κ1) is 23.3. The first-order valence-electron chi connectivity index (χ1n) is 1.42. The van der Waals surface area contributed by atoms with Crippen molar-refractivity contribution in [3.63, 3.8) is 0 Å². The fraction of sp³-hybridized carbons (Fsp3) is 0. The van der Waals surface area contributed by atoms with Crippen molar-refractivity contribution in [2.75, 3.05) is 0 Å². The third kappa shape index (κ3) is 234. The topological polar surface area (TPSA) is 153 Å². The van der Waals surface area contributed by atoms with Crippen molar-refractivity contribution in [3.05, 3.63) is 0 Å². The molecular formula is H3CaMgO7PSi. The molecule has 0 fully saturated rings. The van der Waals surface area contributed by atoms with Gasteiger partial charge in [-0.3, -0.25) is 0 Å². The number of hydrogen-bond acceptors (Lipinski definition) is 7. The molecule has 0 amide bonds. The molecule has 58 valence electrons. The molecule has 0 unspecified atom stereocenters. The SMILES string of the molecule is [Ca+2].[Mg+2].[O-]P([O-])[O-].[O-][Si](O)(O)O. The molecule has 7 nitrogen and oxygen atoms in total. The molecule has 0 aliphatic heterocycles. The Hall–Kier alpha value is 2.39. The molecule has 0 aliphatic carbocycles. The maximum atomic E-state index is 8.91. The van der Waals surface area contributed by atoms with Crippen molar-refractivity contribution in [1.29, 1.82) is 0 Å². The Morgan fingerprint density at radius 1 is 1.00 bits per heavy atom. The summed E-state index contributed by atoms with van der Waals surface area (Å²) in [6.45, 7) is 0. The van der Waals surface area contributed by atoms with Crippen molar-refractivity contribution < 1.29 is 33.9 Å². The van der Waals surface area contributed by atoms with Crippen molar-refractivity contribution in [2.24, 2.45) is 0 Å². The summed E-state index contributed by atoms with van der Waals surface area (Å²) in [5, 5.41) is 0. The Morgan fingerprint density at radius 2 is 1.00 bits per heavy atom. The van der Waals surface area contributed by atoms with Gasteiger partial charge in [-0.05, 0) is 0 Å². The normalized spacial score (nSPS) is 8.73. The van der Waals surface area contributed by atoms with Gasteiger partial charge in [0, 0.05) is 0 Å². The van der Waals surface area contributed by atoms with Gasteiger partial charge in [0.05, 0.1) is 0 Å². The summed E-state index contributed by atoms with van der Waals surface area (Å²) in [7, 11) is -8.23. The van der Waals surface area contributed by atoms with Gasteiger partial charge in [0.1, 0.15) is 0 Å². The van der Waals surface area contributed by atoms with Crippen LogP contribution in [0.15, 0.2) is 0 Å². The number of rotatable bonds is 0. The van der Waals surface area contributed by atoms with Gasteiger partial charge in [-0.1, -0.05) is 0 Å². The molecule has 0 atom stereocenters. The summed E-state index contributed by atoms with van der Waals surface area (Å²) in [4.78, 5) is 56.0. The maximum Gasteiger partial charge on any atom is 2.00 e. The summed E-state index contributed by atoms with van der Waals surface area (Å²) in [6, 6.07) is 0. The number of hydrogen-bond donors (Lipinski definition) is 3. The molecule has 3 N–H and O–H groups in total. The molecule has 0 spiro atoms. The zero-order valence-corrected chi connectivity index (χ0v) is 10.9. The minimum Gasteiger partial charge on any atom is -0.854 e. The van der Waals surface area contributed by atoms with Crippen LogP contribution in [-0.4, -0.2) is 84.2 Å². The molecule has 0 heterocycles. The van der Waals surface area contributed by atoms with E-state index in [0.29, 0.717) is 0 Å². The van der Waals surface area contributed by atoms with Crippen LogP contribution in [0.3, 0.4) is 0 Å². The molecule has 0 saturated carbocycles. The van der Waals surface area contributed by atoms with Gasteiger partial charge in [0.2, 0.25) is 0 Å². The monoisotopic (exact) mass is 238 g/mol. The smallest absolute Gasteiger partial charge is 0.854 e. The van der Waals surface area contributed by atoms with Crippen LogP contribution < -0.4 is 19.5 Å². The van der Waals surface area contributed by atoms with Gasteiger partial charge in [-0.15, -0.1) is 0 Å². The first-order valence-corrected chi connectivity index (χ1v) is 4.27. The molecular weight excluding hydrogens is 235 g/mol. The maximum absolute atomic E-state index is 8.91. The van der Waals surface area contributed by atoms with Crippen molar-refractivity contribution >= 4 is 78.4 Å². The standard InChI is InChI=1S/Ca.Mg.H3O4Si.O3P/c;;1-5(2,3)4;1-4(2)3/h;;1-3H;/q2*+2;-1;-3. The third-order valence-electron chi connectivity index (χ3n) is 0. The average molecular weight is 238 g/mol. The fourth-order valence-electron chi connectivity index (χ4n) is 0. The van der Waals surface area contributed by atoms with Crippen LogP contribution >= 0.6 is 8.60 Å². The third-order valence-corrected chi connectivity index (χ3v) is 0. The second-order valence-electron chi connectivity index (χ2n) is 0.797. The Balaban J connectivity index is -0.0000000383. The molecule has 0 radical (unpaired) electrons. The molecule has 0 aliphatic rings. The second-order valence-corrected chi connectivity index (χ2v) is 2.39. The van der Waals surface area contributed by atoms with Crippen molar-refractivity contribution in [1.82, 2.24) is 0 Å². The van der Waals surface area contributed by atoms with Gasteiger partial charge in [-0.25, -0.2) is 0 Å². The Morgan fingerprint density at radius 3 is 1.00 bits per heavy atom. The minimum absolute atomic E-state index is 0. The molecule has 0 aromatic heterocycles. The predicted octanol–water partition coefficient (Wildman–Crippen LogP) is -6.71. The van der Waals surface area contributed by atoms with Gasteiger partial charge in [0.15, 0.2) is 0 Å². The summed E-state index contributed by atoms with van der Waals surface area (Å²) in [6.07, 6.45) is 0. The van der Waals surface area contributed by atoms with Crippen LogP contribution in [0.2, 0.25) is 0 Å². The zero-order chi connectivity index (χ0) is 8.08. The molecule has 11 heteroatoms. The van der Waals surface area contributed by atoms with Gasteiger partial charge < -0.3 is 42.5 Å². The summed E-state index contributed by atoms with van der Waals surface area (Å²) >= 11 is 0. The Bertz CT molecular complexity index is 55.2. The van der Waals surface area contributed by atoms with E-state index in [9.17, 15) is 0 Å². The van der Waals surface area contributed by atoms with Crippen LogP contribution in [0.25, 0.3) is 0 Å².